The molecular formula is C13H9O4-. The monoisotopic (exact) mass is 229 g/mol. The molecular weight excluding hydrogens is 220 g/mol. The molecule has 0 N–H and O–H groups in total. The van der Waals surface area contributed by atoms with Crippen molar-refractivity contribution in [1.82, 2.24) is 0 Å². The molecule has 0 bridgehead atoms. The molecule has 1 aliphatic rings. The largest absolute Gasteiger partial charge is 0.545 e. The van der Waals surface area contributed by atoms with Gasteiger partial charge in [-0.15, -0.1) is 0 Å². The Balaban J connectivity index is 2.34. The fourth-order valence-electron chi connectivity index (χ4n) is 1.47. The van der Waals surface area contributed by atoms with Gasteiger partial charge in [-0.2, -0.15) is 0 Å². The quantitative estimate of drug-likeness (QED) is 0.698. The molecule has 86 valence electrons. The first kappa shape index (κ1) is 11.1. The van der Waals surface area contributed by atoms with Gasteiger partial charge in [-0.05, 0) is 6.92 Å². The number of ether oxygens (including phenoxy) is 1. The van der Waals surface area contributed by atoms with Crippen molar-refractivity contribution in [3.63, 3.8) is 0 Å². The molecule has 0 aromatic heterocycles. The minimum Gasteiger partial charge on any atom is -0.545 e. The maximum absolute atomic E-state index is 11.6. The van der Waals surface area contributed by atoms with Gasteiger partial charge in [0.05, 0.1) is 5.97 Å². The van der Waals surface area contributed by atoms with E-state index in [9.17, 15) is 14.7 Å². The first-order valence-electron chi connectivity index (χ1n) is 5.01. The van der Waals surface area contributed by atoms with Gasteiger partial charge in [-0.1, -0.05) is 30.3 Å². The Kier molecular flexibility index (Phi) is 2.78. The molecule has 0 aliphatic carbocycles. The molecule has 4 nitrogen and oxygen atoms in total. The van der Waals surface area contributed by atoms with Gasteiger partial charge in [0.15, 0.2) is 5.76 Å². The van der Waals surface area contributed by atoms with Crippen LogP contribution in [0.15, 0.2) is 47.7 Å². The number of carbonyl (C=O) groups is 2. The van der Waals surface area contributed by atoms with Gasteiger partial charge < -0.3 is 14.6 Å². The highest BCUT2D eigenvalue weighted by atomic mass is 16.5. The third-order valence-corrected chi connectivity index (χ3v) is 2.40. The van der Waals surface area contributed by atoms with Gasteiger partial charge in [-0.3, -0.25) is 4.79 Å². The first-order valence-corrected chi connectivity index (χ1v) is 5.01. The van der Waals surface area contributed by atoms with Gasteiger partial charge in [-0.25, -0.2) is 0 Å². The topological polar surface area (TPSA) is 66.4 Å². The van der Waals surface area contributed by atoms with Crippen molar-refractivity contribution in [3.05, 3.63) is 53.3 Å². The summed E-state index contributed by atoms with van der Waals surface area (Å²) in [6.45, 7) is 1.28. The number of ketones is 1. The Labute approximate surface area is 97.8 Å². The second-order valence-electron chi connectivity index (χ2n) is 3.58. The minimum atomic E-state index is -1.41. The van der Waals surface area contributed by atoms with Crippen LogP contribution in [0.5, 0.6) is 0 Å². The van der Waals surface area contributed by atoms with Gasteiger partial charge in [0, 0.05) is 17.2 Å². The van der Waals surface area contributed by atoms with Crippen molar-refractivity contribution in [3.8, 4) is 0 Å². The summed E-state index contributed by atoms with van der Waals surface area (Å²) in [5.74, 6) is -1.68. The second kappa shape index (κ2) is 4.25. The zero-order valence-electron chi connectivity index (χ0n) is 9.10. The second-order valence-corrected chi connectivity index (χ2v) is 3.58. The molecule has 1 aromatic rings. The van der Waals surface area contributed by atoms with Crippen LogP contribution < -0.4 is 5.11 Å². The lowest BCUT2D eigenvalue weighted by molar-refractivity contribution is -0.299. The summed E-state index contributed by atoms with van der Waals surface area (Å²) in [6.07, 6.45) is 1.27. The van der Waals surface area contributed by atoms with Crippen LogP contribution in [-0.2, 0) is 14.3 Å². The van der Waals surface area contributed by atoms with E-state index in [1.807, 2.05) is 6.07 Å². The first-order chi connectivity index (χ1) is 8.09. The summed E-state index contributed by atoms with van der Waals surface area (Å²) in [5, 5.41) is 10.7. The number of hydrogen-bond acceptors (Lipinski definition) is 4. The molecule has 0 saturated heterocycles. The lowest BCUT2D eigenvalue weighted by Gasteiger charge is -2.08. The standard InChI is InChI=1S/C13H10O4/c1-8(13(15)16)12-10(14)7-11(17-12)9-5-3-2-4-6-9/h2-7H,1H3,(H,15,16)/p-1. The van der Waals surface area contributed by atoms with E-state index in [0.29, 0.717) is 5.76 Å². The van der Waals surface area contributed by atoms with E-state index >= 15 is 0 Å². The number of aliphatic carboxylic acids is 1. The fraction of sp³-hybridized carbons (Fsp3) is 0.0769. The average molecular weight is 229 g/mol. The predicted molar refractivity (Wildman–Crippen MR) is 58.2 cm³/mol. The highest BCUT2D eigenvalue weighted by Gasteiger charge is 2.24. The van der Waals surface area contributed by atoms with Gasteiger partial charge >= 0.3 is 0 Å². The van der Waals surface area contributed by atoms with Crippen LogP contribution in [0, 0.1) is 0 Å². The third-order valence-electron chi connectivity index (χ3n) is 2.40. The Morgan fingerprint density at radius 2 is 1.88 bits per heavy atom. The average Bonchev–Trinajstić information content (AvgIpc) is 2.71. The van der Waals surface area contributed by atoms with Crippen LogP contribution >= 0.6 is 0 Å². The van der Waals surface area contributed by atoms with Crippen molar-refractivity contribution < 1.29 is 19.4 Å². The van der Waals surface area contributed by atoms with Crippen LogP contribution in [0.2, 0.25) is 0 Å². The number of carboxylic acids is 1. The molecule has 2 rings (SSSR count). The van der Waals surface area contributed by atoms with E-state index in [1.54, 1.807) is 24.3 Å². The Bertz CT molecular complexity index is 538. The summed E-state index contributed by atoms with van der Waals surface area (Å²) in [5.41, 5.74) is 0.527. The molecule has 17 heavy (non-hydrogen) atoms. The van der Waals surface area contributed by atoms with E-state index in [-0.39, 0.29) is 11.3 Å². The summed E-state index contributed by atoms with van der Waals surface area (Å²) >= 11 is 0. The van der Waals surface area contributed by atoms with Crippen molar-refractivity contribution in [2.75, 3.05) is 0 Å². The van der Waals surface area contributed by atoms with Crippen molar-refractivity contribution in [1.29, 1.82) is 0 Å². The zero-order valence-corrected chi connectivity index (χ0v) is 9.10. The molecule has 0 atom stereocenters. The van der Waals surface area contributed by atoms with E-state index in [4.69, 9.17) is 4.74 Å². The van der Waals surface area contributed by atoms with Crippen LogP contribution in [-0.4, -0.2) is 11.8 Å². The maximum atomic E-state index is 11.6. The molecule has 0 radical (unpaired) electrons. The Morgan fingerprint density at radius 3 is 2.47 bits per heavy atom. The lowest BCUT2D eigenvalue weighted by atomic mass is 10.1. The number of hydrogen-bond donors (Lipinski definition) is 0. The molecule has 0 amide bonds. The molecule has 1 aromatic carbocycles. The number of rotatable bonds is 2. The van der Waals surface area contributed by atoms with E-state index in [0.717, 1.165) is 5.56 Å². The molecule has 0 fully saturated rings. The molecule has 0 unspecified atom stereocenters. The number of allylic oxidation sites excluding steroid dienone is 1. The highest BCUT2D eigenvalue weighted by molar-refractivity contribution is 6.13. The molecule has 1 aliphatic heterocycles. The number of benzene rings is 1. The fourth-order valence-corrected chi connectivity index (χ4v) is 1.47. The smallest absolute Gasteiger partial charge is 0.225 e. The maximum Gasteiger partial charge on any atom is 0.225 e. The van der Waals surface area contributed by atoms with Crippen molar-refractivity contribution in [2.24, 2.45) is 0 Å². The van der Waals surface area contributed by atoms with Crippen LogP contribution in [0.25, 0.3) is 5.76 Å². The minimum absolute atomic E-state index is 0.177. The highest BCUT2D eigenvalue weighted by Crippen LogP contribution is 2.27. The van der Waals surface area contributed by atoms with Crippen LogP contribution in [0.4, 0.5) is 0 Å². The predicted octanol–water partition coefficient (Wildman–Crippen LogP) is 0.651. The SMILES string of the molecule is CC(C(=O)[O-])=C1OC(c2ccccc2)=CC1=O. The summed E-state index contributed by atoms with van der Waals surface area (Å²) < 4.78 is 5.25. The third kappa shape index (κ3) is 2.10. The van der Waals surface area contributed by atoms with Gasteiger partial charge in [0.2, 0.25) is 5.78 Å². The molecule has 4 heteroatoms. The molecule has 1 heterocycles. The normalized spacial score (nSPS) is 17.5. The van der Waals surface area contributed by atoms with Crippen molar-refractivity contribution >= 4 is 17.5 Å². The number of carbonyl (C=O) groups excluding carboxylic acids is 2. The van der Waals surface area contributed by atoms with E-state index in [1.165, 1.54) is 13.0 Å². The molecule has 0 saturated carbocycles. The molecule has 0 spiro atoms. The Hall–Kier alpha value is -2.36. The van der Waals surface area contributed by atoms with Gasteiger partial charge in [0.1, 0.15) is 5.76 Å². The van der Waals surface area contributed by atoms with E-state index < -0.39 is 11.8 Å². The van der Waals surface area contributed by atoms with E-state index in [2.05, 4.69) is 0 Å². The van der Waals surface area contributed by atoms with Crippen LogP contribution in [0.3, 0.4) is 0 Å². The lowest BCUT2D eigenvalue weighted by Crippen LogP contribution is -2.25. The van der Waals surface area contributed by atoms with Gasteiger partial charge in [0.25, 0.3) is 0 Å². The summed E-state index contributed by atoms with van der Waals surface area (Å²) in [4.78, 5) is 22.2. The number of carboxylic acid groups (broad SMARTS) is 1. The summed E-state index contributed by atoms with van der Waals surface area (Å²) in [7, 11) is 0. The zero-order chi connectivity index (χ0) is 12.4. The Morgan fingerprint density at radius 1 is 1.24 bits per heavy atom. The van der Waals surface area contributed by atoms with Crippen LogP contribution in [0.1, 0.15) is 12.5 Å². The van der Waals surface area contributed by atoms with Crippen molar-refractivity contribution in [2.45, 2.75) is 6.92 Å². The summed E-state index contributed by atoms with van der Waals surface area (Å²) in [6, 6.07) is 8.99.